The predicted octanol–water partition coefficient (Wildman–Crippen LogP) is 0.348. The molecule has 0 radical (unpaired) electrons. The molecule has 0 aliphatic carbocycles. The molecular weight excluding hydrogens is 124 g/mol. The summed E-state index contributed by atoms with van der Waals surface area (Å²) in [4.78, 5) is 0. The molecule has 0 aromatic heterocycles. The fraction of sp³-hybridized carbons (Fsp3) is 1.00. The fourth-order valence-electron chi connectivity index (χ4n) is 2.15. The average molecular weight is 140 g/mol. The van der Waals surface area contributed by atoms with E-state index in [1.54, 1.807) is 0 Å². The lowest BCUT2D eigenvalue weighted by Crippen LogP contribution is -2.51. The van der Waals surface area contributed by atoms with Crippen molar-refractivity contribution in [3.05, 3.63) is 0 Å². The normalized spacial score (nSPS) is 40.8. The van der Waals surface area contributed by atoms with Gasteiger partial charge < -0.3 is 10.6 Å². The van der Waals surface area contributed by atoms with Crippen LogP contribution >= 0.6 is 0 Å². The maximum Gasteiger partial charge on any atom is 0.0221 e. The first-order valence-corrected chi connectivity index (χ1v) is 4.41. The molecule has 2 heteroatoms. The highest BCUT2D eigenvalue weighted by atomic mass is 15.0. The molecule has 0 bridgehead atoms. The van der Waals surface area contributed by atoms with Gasteiger partial charge in [-0.25, -0.2) is 0 Å². The molecule has 0 saturated carbocycles. The summed E-state index contributed by atoms with van der Waals surface area (Å²) >= 11 is 0. The van der Waals surface area contributed by atoms with Crippen LogP contribution in [0.15, 0.2) is 0 Å². The molecule has 0 aromatic rings. The second-order valence-electron chi connectivity index (χ2n) is 3.46. The predicted molar refractivity (Wildman–Crippen MR) is 42.0 cm³/mol. The van der Waals surface area contributed by atoms with E-state index in [2.05, 4.69) is 10.6 Å². The van der Waals surface area contributed by atoms with Crippen molar-refractivity contribution in [2.24, 2.45) is 5.92 Å². The van der Waals surface area contributed by atoms with Gasteiger partial charge in [-0.1, -0.05) is 0 Å². The Balaban J connectivity index is 1.93. The van der Waals surface area contributed by atoms with Crippen LogP contribution in [0.2, 0.25) is 0 Å². The van der Waals surface area contributed by atoms with Crippen molar-refractivity contribution >= 4 is 0 Å². The molecule has 2 atom stereocenters. The highest BCUT2D eigenvalue weighted by Crippen LogP contribution is 2.21. The molecule has 58 valence electrons. The number of rotatable bonds is 0. The zero-order valence-electron chi connectivity index (χ0n) is 6.40. The summed E-state index contributed by atoms with van der Waals surface area (Å²) in [5.74, 6) is 0.981. The Bertz CT molecular complexity index is 87.8. The molecule has 0 aromatic carbocycles. The van der Waals surface area contributed by atoms with Crippen molar-refractivity contribution in [1.82, 2.24) is 10.6 Å². The lowest BCUT2D eigenvalue weighted by molar-refractivity contribution is 0.225. The summed E-state index contributed by atoms with van der Waals surface area (Å²) in [6.45, 7) is 3.68. The van der Waals surface area contributed by atoms with E-state index in [4.69, 9.17) is 0 Å². The smallest absolute Gasteiger partial charge is 0.0221 e. The maximum atomic E-state index is 3.56. The van der Waals surface area contributed by atoms with Crippen LogP contribution in [0, 0.1) is 5.92 Å². The Kier molecular flexibility index (Phi) is 1.91. The van der Waals surface area contributed by atoms with Gasteiger partial charge in [0.15, 0.2) is 0 Å². The second kappa shape index (κ2) is 2.89. The third-order valence-corrected chi connectivity index (χ3v) is 2.78. The van der Waals surface area contributed by atoms with E-state index < -0.39 is 0 Å². The van der Waals surface area contributed by atoms with E-state index in [0.717, 1.165) is 12.0 Å². The van der Waals surface area contributed by atoms with E-state index >= 15 is 0 Å². The average Bonchev–Trinajstić information content (AvgIpc) is 2.05. The Morgan fingerprint density at radius 2 is 2.10 bits per heavy atom. The van der Waals surface area contributed by atoms with Gasteiger partial charge in [0.05, 0.1) is 0 Å². The van der Waals surface area contributed by atoms with Crippen LogP contribution in [0.25, 0.3) is 0 Å². The Morgan fingerprint density at radius 3 is 3.00 bits per heavy atom. The molecule has 2 heterocycles. The van der Waals surface area contributed by atoms with E-state index in [1.165, 1.54) is 38.9 Å². The van der Waals surface area contributed by atoms with Crippen molar-refractivity contribution in [2.45, 2.75) is 25.3 Å². The number of hydrogen-bond donors (Lipinski definition) is 2. The minimum absolute atomic E-state index is 0.794. The quantitative estimate of drug-likeness (QED) is 0.507. The number of piperidine rings is 2. The van der Waals surface area contributed by atoms with Crippen LogP contribution in [0.4, 0.5) is 0 Å². The number of hydrogen-bond acceptors (Lipinski definition) is 2. The lowest BCUT2D eigenvalue weighted by atomic mass is 9.86. The molecule has 2 N–H and O–H groups in total. The molecule has 2 unspecified atom stereocenters. The maximum absolute atomic E-state index is 3.56. The monoisotopic (exact) mass is 140 g/mol. The van der Waals surface area contributed by atoms with Gasteiger partial charge in [0.1, 0.15) is 0 Å². The summed E-state index contributed by atoms with van der Waals surface area (Å²) in [6.07, 6.45) is 4.23. The molecule has 2 aliphatic rings. The van der Waals surface area contributed by atoms with Gasteiger partial charge in [0, 0.05) is 12.6 Å². The van der Waals surface area contributed by atoms with Gasteiger partial charge in [0.25, 0.3) is 0 Å². The van der Waals surface area contributed by atoms with Gasteiger partial charge in [-0.15, -0.1) is 0 Å². The zero-order valence-corrected chi connectivity index (χ0v) is 6.40. The lowest BCUT2D eigenvalue weighted by Gasteiger charge is -2.36. The molecule has 2 rings (SSSR count). The van der Waals surface area contributed by atoms with Gasteiger partial charge in [-0.05, 0) is 38.3 Å². The molecule has 2 saturated heterocycles. The van der Waals surface area contributed by atoms with Crippen molar-refractivity contribution < 1.29 is 0 Å². The molecular formula is C8H16N2. The topological polar surface area (TPSA) is 24.1 Å². The van der Waals surface area contributed by atoms with Gasteiger partial charge >= 0.3 is 0 Å². The summed E-state index contributed by atoms with van der Waals surface area (Å²) in [5, 5.41) is 6.98. The molecule has 2 aliphatic heterocycles. The largest absolute Gasteiger partial charge is 0.315 e. The van der Waals surface area contributed by atoms with Crippen LogP contribution in [0.1, 0.15) is 19.3 Å². The van der Waals surface area contributed by atoms with Gasteiger partial charge in [-0.3, -0.25) is 0 Å². The van der Waals surface area contributed by atoms with E-state index in [0.29, 0.717) is 0 Å². The number of fused-ring (bicyclic) bond motifs is 1. The molecule has 0 spiro atoms. The van der Waals surface area contributed by atoms with Crippen LogP contribution in [-0.2, 0) is 0 Å². The van der Waals surface area contributed by atoms with E-state index in [9.17, 15) is 0 Å². The molecule has 2 fully saturated rings. The van der Waals surface area contributed by atoms with Crippen LogP contribution in [0.3, 0.4) is 0 Å². The molecule has 10 heavy (non-hydrogen) atoms. The van der Waals surface area contributed by atoms with E-state index in [-0.39, 0.29) is 0 Å². The second-order valence-corrected chi connectivity index (χ2v) is 3.46. The minimum atomic E-state index is 0.794. The van der Waals surface area contributed by atoms with Gasteiger partial charge in [-0.2, -0.15) is 0 Å². The summed E-state index contributed by atoms with van der Waals surface area (Å²) in [5.41, 5.74) is 0. The van der Waals surface area contributed by atoms with Crippen molar-refractivity contribution in [3.63, 3.8) is 0 Å². The Hall–Kier alpha value is -0.0800. The SMILES string of the molecule is C1CNC2CNCCC2C1. The third-order valence-electron chi connectivity index (χ3n) is 2.78. The van der Waals surface area contributed by atoms with Crippen molar-refractivity contribution in [2.75, 3.05) is 19.6 Å². The van der Waals surface area contributed by atoms with Crippen molar-refractivity contribution in [3.8, 4) is 0 Å². The highest BCUT2D eigenvalue weighted by Gasteiger charge is 2.26. The first kappa shape index (κ1) is 6.62. The molecule has 2 nitrogen and oxygen atoms in total. The van der Waals surface area contributed by atoms with Crippen LogP contribution in [-0.4, -0.2) is 25.7 Å². The Labute approximate surface area is 62.4 Å². The summed E-state index contributed by atoms with van der Waals surface area (Å²) < 4.78 is 0. The Morgan fingerprint density at radius 1 is 1.10 bits per heavy atom. The van der Waals surface area contributed by atoms with Crippen LogP contribution < -0.4 is 10.6 Å². The first-order valence-electron chi connectivity index (χ1n) is 4.41. The third kappa shape index (κ3) is 1.18. The van der Waals surface area contributed by atoms with Gasteiger partial charge in [0.2, 0.25) is 0 Å². The highest BCUT2D eigenvalue weighted by molar-refractivity contribution is 4.86. The molecule has 0 amide bonds. The summed E-state index contributed by atoms with van der Waals surface area (Å²) in [7, 11) is 0. The fourth-order valence-corrected chi connectivity index (χ4v) is 2.15. The van der Waals surface area contributed by atoms with Crippen molar-refractivity contribution in [1.29, 1.82) is 0 Å². The van der Waals surface area contributed by atoms with E-state index in [1.807, 2.05) is 0 Å². The first-order chi connectivity index (χ1) is 4.97. The summed E-state index contributed by atoms with van der Waals surface area (Å²) in [6, 6.07) is 0.794. The minimum Gasteiger partial charge on any atom is -0.315 e. The standard InChI is InChI=1S/C8H16N2/c1-2-7-3-5-9-6-8(7)10-4-1/h7-10H,1-6H2. The number of nitrogens with one attached hydrogen (secondary N) is 2. The zero-order chi connectivity index (χ0) is 6.81. The van der Waals surface area contributed by atoms with Crippen LogP contribution in [0.5, 0.6) is 0 Å².